The third kappa shape index (κ3) is 4.99. The summed E-state index contributed by atoms with van der Waals surface area (Å²) in [5, 5.41) is 3.13. The van der Waals surface area contributed by atoms with Gasteiger partial charge >= 0.3 is 5.97 Å². The molecule has 0 aromatic carbocycles. The van der Waals surface area contributed by atoms with Crippen molar-refractivity contribution in [1.82, 2.24) is 10.2 Å². The van der Waals surface area contributed by atoms with Gasteiger partial charge in [-0.25, -0.2) is 0 Å². The molecule has 1 amide bonds. The number of rotatable bonds is 6. The van der Waals surface area contributed by atoms with Crippen LogP contribution >= 0.6 is 0 Å². The number of nitrogens with one attached hydrogen (secondary N) is 1. The van der Waals surface area contributed by atoms with Crippen molar-refractivity contribution >= 4 is 11.9 Å². The highest BCUT2D eigenvalue weighted by atomic mass is 16.5. The topological polar surface area (TPSA) is 58.6 Å². The Kier molecular flexibility index (Phi) is 5.62. The zero-order chi connectivity index (χ0) is 15.4. The van der Waals surface area contributed by atoms with Crippen molar-refractivity contribution in [3.05, 3.63) is 0 Å². The number of nitrogens with zero attached hydrogens (tertiary/aromatic N) is 1. The molecule has 2 rings (SSSR count). The van der Waals surface area contributed by atoms with Gasteiger partial charge in [0.1, 0.15) is 0 Å². The smallest absolute Gasteiger partial charge is 0.306 e. The van der Waals surface area contributed by atoms with Gasteiger partial charge < -0.3 is 10.1 Å². The number of hydrogen-bond donors (Lipinski definition) is 1. The molecule has 0 spiro atoms. The van der Waals surface area contributed by atoms with Crippen molar-refractivity contribution in [2.24, 2.45) is 11.8 Å². The molecule has 0 aromatic rings. The Morgan fingerprint density at radius 3 is 2.57 bits per heavy atom. The van der Waals surface area contributed by atoms with E-state index in [1.54, 1.807) is 0 Å². The first kappa shape index (κ1) is 16.3. The third-order valence-electron chi connectivity index (χ3n) is 4.26. The van der Waals surface area contributed by atoms with Crippen LogP contribution in [0.5, 0.6) is 0 Å². The summed E-state index contributed by atoms with van der Waals surface area (Å²) in [6.45, 7) is 7.96. The van der Waals surface area contributed by atoms with Crippen LogP contribution in [0.1, 0.15) is 46.5 Å². The van der Waals surface area contributed by atoms with Crippen LogP contribution in [-0.4, -0.2) is 48.6 Å². The monoisotopic (exact) mass is 296 g/mol. The number of ether oxygens (including phenoxy) is 1. The van der Waals surface area contributed by atoms with Gasteiger partial charge in [0.25, 0.3) is 0 Å². The predicted molar refractivity (Wildman–Crippen MR) is 80.7 cm³/mol. The zero-order valence-corrected chi connectivity index (χ0v) is 13.4. The third-order valence-corrected chi connectivity index (χ3v) is 4.26. The fourth-order valence-corrected chi connectivity index (χ4v) is 3.05. The fourth-order valence-electron chi connectivity index (χ4n) is 3.05. The van der Waals surface area contributed by atoms with E-state index in [-0.39, 0.29) is 29.8 Å². The van der Waals surface area contributed by atoms with E-state index in [2.05, 4.69) is 10.2 Å². The number of esters is 1. The standard InChI is InChI=1S/C16H28N2O3/c1-4-21-15(19)8-12-7-13(17-16(20)11(2)3)10-18(9-12)14-5-6-14/h11-14H,4-10H2,1-3H3,(H,17,20). The van der Waals surface area contributed by atoms with Crippen LogP contribution in [0.4, 0.5) is 0 Å². The van der Waals surface area contributed by atoms with E-state index in [4.69, 9.17) is 4.74 Å². The Balaban J connectivity index is 1.91. The second-order valence-corrected chi connectivity index (χ2v) is 6.66. The van der Waals surface area contributed by atoms with Crippen LogP contribution in [0.2, 0.25) is 0 Å². The quantitative estimate of drug-likeness (QED) is 0.756. The molecule has 1 heterocycles. The first-order chi connectivity index (χ1) is 9.99. The van der Waals surface area contributed by atoms with Crippen molar-refractivity contribution in [2.45, 2.75) is 58.5 Å². The lowest BCUT2D eigenvalue weighted by Gasteiger charge is -2.38. The minimum Gasteiger partial charge on any atom is -0.466 e. The highest BCUT2D eigenvalue weighted by Gasteiger charge is 2.37. The molecule has 1 aliphatic heterocycles. The molecule has 2 atom stereocenters. The predicted octanol–water partition coefficient (Wildman–Crippen LogP) is 1.56. The molecule has 2 fully saturated rings. The van der Waals surface area contributed by atoms with Crippen LogP contribution in [0, 0.1) is 11.8 Å². The number of hydrogen-bond acceptors (Lipinski definition) is 4. The summed E-state index contributed by atoms with van der Waals surface area (Å²) in [4.78, 5) is 26.1. The largest absolute Gasteiger partial charge is 0.466 e. The molecule has 2 unspecified atom stereocenters. The van der Waals surface area contributed by atoms with E-state index in [1.165, 1.54) is 12.8 Å². The molecular weight excluding hydrogens is 268 g/mol. The lowest BCUT2D eigenvalue weighted by atomic mass is 9.91. The number of carbonyl (C=O) groups excluding carboxylic acids is 2. The second-order valence-electron chi connectivity index (χ2n) is 6.66. The summed E-state index contributed by atoms with van der Waals surface area (Å²) in [5.74, 6) is 0.280. The minimum absolute atomic E-state index is 0.00445. The van der Waals surface area contributed by atoms with E-state index in [0.29, 0.717) is 19.1 Å². The molecule has 0 aromatic heterocycles. The van der Waals surface area contributed by atoms with Crippen molar-refractivity contribution in [1.29, 1.82) is 0 Å². The van der Waals surface area contributed by atoms with E-state index in [1.807, 2.05) is 20.8 Å². The van der Waals surface area contributed by atoms with Gasteiger partial charge in [-0.15, -0.1) is 0 Å². The summed E-state index contributed by atoms with van der Waals surface area (Å²) in [6, 6.07) is 0.821. The maximum absolute atomic E-state index is 11.9. The van der Waals surface area contributed by atoms with Crippen molar-refractivity contribution in [3.8, 4) is 0 Å². The van der Waals surface area contributed by atoms with Crippen LogP contribution in [0.15, 0.2) is 0 Å². The minimum atomic E-state index is -0.117. The molecular formula is C16H28N2O3. The molecule has 120 valence electrons. The molecule has 1 aliphatic carbocycles. The Bertz CT molecular complexity index is 380. The second kappa shape index (κ2) is 7.25. The lowest BCUT2D eigenvalue weighted by Crippen LogP contribution is -2.52. The van der Waals surface area contributed by atoms with E-state index < -0.39 is 0 Å². The van der Waals surface area contributed by atoms with Crippen LogP contribution in [0.25, 0.3) is 0 Å². The van der Waals surface area contributed by atoms with Gasteiger partial charge in [-0.3, -0.25) is 14.5 Å². The molecule has 1 N–H and O–H groups in total. The molecule has 1 saturated heterocycles. The van der Waals surface area contributed by atoms with Gasteiger partial charge in [-0.2, -0.15) is 0 Å². The SMILES string of the molecule is CCOC(=O)CC1CC(NC(=O)C(C)C)CN(C2CC2)C1. The van der Waals surface area contributed by atoms with Crippen LogP contribution in [-0.2, 0) is 14.3 Å². The van der Waals surface area contributed by atoms with Gasteiger partial charge in [-0.1, -0.05) is 13.8 Å². The summed E-state index contributed by atoms with van der Waals surface area (Å²) in [5.41, 5.74) is 0. The van der Waals surface area contributed by atoms with E-state index in [0.717, 1.165) is 19.5 Å². The van der Waals surface area contributed by atoms with Gasteiger partial charge in [0, 0.05) is 37.5 Å². The molecule has 5 nitrogen and oxygen atoms in total. The molecule has 21 heavy (non-hydrogen) atoms. The number of likely N-dealkylation sites (tertiary alicyclic amines) is 1. The average Bonchev–Trinajstić information content (AvgIpc) is 3.22. The van der Waals surface area contributed by atoms with Crippen molar-refractivity contribution in [3.63, 3.8) is 0 Å². The number of amides is 1. The van der Waals surface area contributed by atoms with Crippen molar-refractivity contribution < 1.29 is 14.3 Å². The van der Waals surface area contributed by atoms with Gasteiger partial charge in [0.05, 0.1) is 6.61 Å². The molecule has 5 heteroatoms. The normalized spacial score (nSPS) is 26.7. The summed E-state index contributed by atoms with van der Waals surface area (Å²) >= 11 is 0. The highest BCUT2D eigenvalue weighted by Crippen LogP contribution is 2.32. The average molecular weight is 296 g/mol. The summed E-state index contributed by atoms with van der Waals surface area (Å²) < 4.78 is 5.07. The van der Waals surface area contributed by atoms with E-state index in [9.17, 15) is 9.59 Å². The Hall–Kier alpha value is -1.10. The maximum atomic E-state index is 11.9. The van der Waals surface area contributed by atoms with Crippen molar-refractivity contribution in [2.75, 3.05) is 19.7 Å². The lowest BCUT2D eigenvalue weighted by molar-refractivity contribution is -0.144. The van der Waals surface area contributed by atoms with Crippen LogP contribution < -0.4 is 5.32 Å². The van der Waals surface area contributed by atoms with Gasteiger partial charge in [0.15, 0.2) is 0 Å². The fraction of sp³-hybridized carbons (Fsp3) is 0.875. The Morgan fingerprint density at radius 1 is 1.29 bits per heavy atom. The summed E-state index contributed by atoms with van der Waals surface area (Å²) in [7, 11) is 0. The highest BCUT2D eigenvalue weighted by molar-refractivity contribution is 5.78. The molecule has 0 bridgehead atoms. The maximum Gasteiger partial charge on any atom is 0.306 e. The zero-order valence-electron chi connectivity index (χ0n) is 13.4. The Morgan fingerprint density at radius 2 is 2.00 bits per heavy atom. The molecule has 2 aliphatic rings. The van der Waals surface area contributed by atoms with Gasteiger partial charge in [0.2, 0.25) is 5.91 Å². The first-order valence-corrected chi connectivity index (χ1v) is 8.19. The molecule has 1 saturated carbocycles. The number of carbonyl (C=O) groups is 2. The Labute approximate surface area is 127 Å². The van der Waals surface area contributed by atoms with Crippen LogP contribution in [0.3, 0.4) is 0 Å². The van der Waals surface area contributed by atoms with Gasteiger partial charge in [-0.05, 0) is 32.1 Å². The van der Waals surface area contributed by atoms with E-state index >= 15 is 0 Å². The molecule has 0 radical (unpaired) electrons. The summed E-state index contributed by atoms with van der Waals surface area (Å²) in [6.07, 6.45) is 3.83. The number of piperidine rings is 1. The first-order valence-electron chi connectivity index (χ1n) is 8.19.